The van der Waals surface area contributed by atoms with Crippen LogP contribution in [-0.4, -0.2) is 29.9 Å². The summed E-state index contributed by atoms with van der Waals surface area (Å²) in [6.07, 6.45) is 1.87. The van der Waals surface area contributed by atoms with Crippen LogP contribution in [0.25, 0.3) is 0 Å². The summed E-state index contributed by atoms with van der Waals surface area (Å²) in [6, 6.07) is 6.26. The summed E-state index contributed by atoms with van der Waals surface area (Å²) in [4.78, 5) is 12.6. The number of fused-ring (bicyclic) bond motifs is 1. The molecule has 1 aliphatic heterocycles. The van der Waals surface area contributed by atoms with Crippen LogP contribution < -0.4 is 4.74 Å². The Morgan fingerprint density at radius 3 is 3.12 bits per heavy atom. The number of carbonyl (C=O) groups is 1. The van der Waals surface area contributed by atoms with Crippen LogP contribution in [0.15, 0.2) is 18.2 Å². The van der Waals surface area contributed by atoms with Crippen molar-refractivity contribution in [2.45, 2.75) is 12.8 Å². The smallest absolute Gasteiger partial charge is 0.289 e. The molecule has 1 aliphatic rings. The van der Waals surface area contributed by atoms with Crippen molar-refractivity contribution < 1.29 is 9.53 Å². The third kappa shape index (κ3) is 2.55. The van der Waals surface area contributed by atoms with E-state index in [4.69, 9.17) is 4.74 Å². The zero-order valence-corrected chi connectivity index (χ0v) is 10.8. The zero-order chi connectivity index (χ0) is 11.5. The van der Waals surface area contributed by atoms with Crippen molar-refractivity contribution in [2.24, 2.45) is 0 Å². The number of amides is 1. The molecule has 3 nitrogen and oxygen atoms in total. The minimum atomic E-state index is -0.0722. The fourth-order valence-corrected chi connectivity index (χ4v) is 1.96. The quantitative estimate of drug-likeness (QED) is 0.630. The molecule has 1 aromatic carbocycles. The zero-order valence-electron chi connectivity index (χ0n) is 9.20. The number of rotatable bonds is 3. The molecule has 1 heterocycles. The van der Waals surface area contributed by atoms with Crippen LogP contribution >= 0.6 is 15.9 Å². The van der Waals surface area contributed by atoms with E-state index in [-0.39, 0.29) is 4.82 Å². The first-order valence-corrected chi connectivity index (χ1v) is 6.11. The number of hydrogen-bond donors (Lipinski definition) is 0. The van der Waals surface area contributed by atoms with E-state index in [0.717, 1.165) is 31.7 Å². The van der Waals surface area contributed by atoms with Crippen molar-refractivity contribution in [3.8, 4) is 5.75 Å². The molecule has 0 atom stereocenters. The number of hydrogen-bond acceptors (Lipinski definition) is 2. The molecule has 0 N–H and O–H groups in total. The van der Waals surface area contributed by atoms with Crippen LogP contribution in [0.4, 0.5) is 4.79 Å². The second-order valence-electron chi connectivity index (χ2n) is 3.97. The van der Waals surface area contributed by atoms with E-state index >= 15 is 0 Å². The fraction of sp³-hybridized carbons (Fsp3) is 0.417. The Bertz CT molecular complexity index is 406. The molecule has 2 rings (SSSR count). The van der Waals surface area contributed by atoms with E-state index < -0.39 is 0 Å². The molecule has 0 fully saturated rings. The summed E-state index contributed by atoms with van der Waals surface area (Å²) in [7, 11) is 1.79. The normalized spacial score (nSPS) is 13.1. The number of halogens is 1. The molecule has 1 amide bonds. The van der Waals surface area contributed by atoms with Crippen LogP contribution in [0.5, 0.6) is 5.75 Å². The first kappa shape index (κ1) is 11.5. The van der Waals surface area contributed by atoms with Gasteiger partial charge in [0.15, 0.2) is 0 Å². The van der Waals surface area contributed by atoms with Gasteiger partial charge < -0.3 is 9.64 Å². The van der Waals surface area contributed by atoms with E-state index in [0.29, 0.717) is 0 Å². The standard InChI is InChI=1S/C12H14BrNO2/c1-14(12(13)15)6-4-9-2-3-11-10(8-9)5-7-16-11/h2-3,8H,4-7H2,1H3. The SMILES string of the molecule is CN(CCc1ccc2c(c1)CCO2)C(=O)Br. The number of carbonyl (C=O) groups excluding carboxylic acids is 1. The van der Waals surface area contributed by atoms with Gasteiger partial charge in [0.25, 0.3) is 4.82 Å². The highest BCUT2D eigenvalue weighted by Crippen LogP contribution is 2.25. The fourth-order valence-electron chi connectivity index (χ4n) is 1.78. The van der Waals surface area contributed by atoms with Crippen molar-refractivity contribution in [1.29, 1.82) is 0 Å². The maximum absolute atomic E-state index is 11.0. The van der Waals surface area contributed by atoms with E-state index in [9.17, 15) is 4.79 Å². The van der Waals surface area contributed by atoms with Gasteiger partial charge in [0.1, 0.15) is 5.75 Å². The number of ether oxygens (including phenoxy) is 1. The Labute approximate surface area is 104 Å². The molecule has 0 saturated heterocycles. The molecular weight excluding hydrogens is 270 g/mol. The summed E-state index contributed by atoms with van der Waals surface area (Å²) in [5.41, 5.74) is 2.54. The third-order valence-electron chi connectivity index (χ3n) is 2.79. The van der Waals surface area contributed by atoms with Crippen LogP contribution in [0.3, 0.4) is 0 Å². The van der Waals surface area contributed by atoms with Gasteiger partial charge in [-0.05, 0) is 23.6 Å². The summed E-state index contributed by atoms with van der Waals surface area (Å²) >= 11 is 2.93. The van der Waals surface area contributed by atoms with Crippen LogP contribution in [0.2, 0.25) is 0 Å². The molecule has 1 aromatic rings. The first-order chi connectivity index (χ1) is 7.66. The molecule has 4 heteroatoms. The lowest BCUT2D eigenvalue weighted by Gasteiger charge is -2.13. The highest BCUT2D eigenvalue weighted by atomic mass is 79.9. The molecule has 0 unspecified atom stereocenters. The van der Waals surface area contributed by atoms with Crippen molar-refractivity contribution in [2.75, 3.05) is 20.2 Å². The second-order valence-corrected chi connectivity index (χ2v) is 4.64. The maximum Gasteiger partial charge on any atom is 0.289 e. The molecule has 0 aliphatic carbocycles. The predicted octanol–water partition coefficient (Wildman–Crippen LogP) is 2.61. The largest absolute Gasteiger partial charge is 0.493 e. The van der Waals surface area contributed by atoms with Crippen molar-refractivity contribution >= 4 is 20.7 Å². The van der Waals surface area contributed by atoms with E-state index in [1.165, 1.54) is 11.1 Å². The summed E-state index contributed by atoms with van der Waals surface area (Å²) in [6.45, 7) is 1.52. The Balaban J connectivity index is 1.98. The Morgan fingerprint density at radius 2 is 2.38 bits per heavy atom. The summed E-state index contributed by atoms with van der Waals surface area (Å²) in [5.74, 6) is 1.01. The Kier molecular flexibility index (Phi) is 3.49. The van der Waals surface area contributed by atoms with E-state index in [1.807, 2.05) is 6.07 Å². The van der Waals surface area contributed by atoms with Crippen molar-refractivity contribution in [3.63, 3.8) is 0 Å². The predicted molar refractivity (Wildman–Crippen MR) is 66.3 cm³/mol. The van der Waals surface area contributed by atoms with Gasteiger partial charge in [-0.15, -0.1) is 0 Å². The first-order valence-electron chi connectivity index (χ1n) is 5.32. The lowest BCUT2D eigenvalue weighted by Crippen LogP contribution is -2.23. The van der Waals surface area contributed by atoms with Gasteiger partial charge in [-0.1, -0.05) is 12.1 Å². The van der Waals surface area contributed by atoms with Gasteiger partial charge >= 0.3 is 0 Å². The average Bonchev–Trinajstić information content (AvgIpc) is 2.72. The summed E-state index contributed by atoms with van der Waals surface area (Å²) < 4.78 is 5.45. The minimum absolute atomic E-state index is 0.0722. The lowest BCUT2D eigenvalue weighted by atomic mass is 10.1. The molecule has 0 bridgehead atoms. The highest BCUT2D eigenvalue weighted by molar-refractivity contribution is 9.18. The van der Waals surface area contributed by atoms with Gasteiger partial charge in [0.05, 0.1) is 6.61 Å². The molecule has 0 aromatic heterocycles. The average molecular weight is 284 g/mol. The monoisotopic (exact) mass is 283 g/mol. The minimum Gasteiger partial charge on any atom is -0.493 e. The summed E-state index contributed by atoms with van der Waals surface area (Å²) in [5, 5.41) is 0. The van der Waals surface area contributed by atoms with Gasteiger partial charge in [0, 0.05) is 35.9 Å². The van der Waals surface area contributed by atoms with E-state index in [1.54, 1.807) is 11.9 Å². The number of nitrogens with zero attached hydrogens (tertiary/aromatic N) is 1. The van der Waals surface area contributed by atoms with Gasteiger partial charge in [-0.2, -0.15) is 0 Å². The van der Waals surface area contributed by atoms with Crippen molar-refractivity contribution in [1.82, 2.24) is 4.90 Å². The molecule has 0 radical (unpaired) electrons. The molecule has 0 saturated carbocycles. The van der Waals surface area contributed by atoms with Gasteiger partial charge in [0.2, 0.25) is 0 Å². The second kappa shape index (κ2) is 4.87. The van der Waals surface area contributed by atoms with Gasteiger partial charge in [-0.3, -0.25) is 4.79 Å². The number of benzene rings is 1. The van der Waals surface area contributed by atoms with E-state index in [2.05, 4.69) is 28.1 Å². The number of likely N-dealkylation sites (N-methyl/N-ethyl adjacent to an activating group) is 1. The highest BCUT2D eigenvalue weighted by Gasteiger charge is 2.12. The van der Waals surface area contributed by atoms with Crippen LogP contribution in [0.1, 0.15) is 11.1 Å². The molecule has 86 valence electrons. The van der Waals surface area contributed by atoms with Crippen LogP contribution in [-0.2, 0) is 12.8 Å². The Hall–Kier alpha value is -1.03. The molecule has 16 heavy (non-hydrogen) atoms. The topological polar surface area (TPSA) is 29.5 Å². The van der Waals surface area contributed by atoms with Crippen LogP contribution in [0, 0.1) is 0 Å². The Morgan fingerprint density at radius 1 is 1.56 bits per heavy atom. The third-order valence-corrected chi connectivity index (χ3v) is 3.40. The van der Waals surface area contributed by atoms with Crippen molar-refractivity contribution in [3.05, 3.63) is 29.3 Å². The van der Waals surface area contributed by atoms with Gasteiger partial charge in [-0.25, -0.2) is 0 Å². The molecular formula is C12H14BrNO2. The maximum atomic E-state index is 11.0. The lowest BCUT2D eigenvalue weighted by molar-refractivity contribution is 0.235. The molecule has 0 spiro atoms.